The number of fused-ring (bicyclic) bond motifs is 2. The minimum atomic E-state index is -4.02. The highest BCUT2D eigenvalue weighted by atomic mass is 35.5. The van der Waals surface area contributed by atoms with E-state index in [1.165, 1.54) is 46.3 Å². The van der Waals surface area contributed by atoms with E-state index in [1.54, 1.807) is 0 Å². The largest absolute Gasteiger partial charge is 0.344 e. The maximum absolute atomic E-state index is 11.4. The van der Waals surface area contributed by atoms with E-state index in [4.69, 9.17) is 11.6 Å². The van der Waals surface area contributed by atoms with Crippen LogP contribution in [0.3, 0.4) is 0 Å². The van der Waals surface area contributed by atoms with Gasteiger partial charge in [-0.2, -0.15) is 8.42 Å². The maximum Gasteiger partial charge on any atom is 0.264 e. The first kappa shape index (κ1) is 32.5. The topological polar surface area (TPSA) is 57.6 Å². The lowest BCUT2D eigenvalue weighted by Gasteiger charge is -2.27. The molecule has 1 aliphatic heterocycles. The quantitative estimate of drug-likeness (QED) is 0.265. The molecule has 2 aromatic rings. The van der Waals surface area contributed by atoms with Gasteiger partial charge in [0.2, 0.25) is 0 Å². The molecule has 4 nitrogen and oxygen atoms in total. The number of para-hydroxylation sites is 1. The van der Waals surface area contributed by atoms with Crippen LogP contribution in [0, 0.1) is 0 Å². The lowest BCUT2D eigenvalue weighted by atomic mass is 9.80. The number of halogens is 1. The number of hydrogen-bond donors (Lipinski definition) is 1. The van der Waals surface area contributed by atoms with Gasteiger partial charge in [-0.15, -0.1) is 0 Å². The van der Waals surface area contributed by atoms with Crippen LogP contribution in [0.2, 0.25) is 0 Å². The van der Waals surface area contributed by atoms with Gasteiger partial charge in [0.05, 0.1) is 5.75 Å². The molecular formula is C38H46ClNO3S. The van der Waals surface area contributed by atoms with Crippen LogP contribution >= 0.6 is 11.6 Å². The van der Waals surface area contributed by atoms with E-state index in [0.717, 1.165) is 47.7 Å². The van der Waals surface area contributed by atoms with Crippen molar-refractivity contribution >= 4 is 33.0 Å². The molecule has 0 bridgehead atoms. The summed E-state index contributed by atoms with van der Waals surface area (Å²) in [5.74, 6) is -0.261. The third-order valence-electron chi connectivity index (χ3n) is 9.64. The Morgan fingerprint density at radius 3 is 2.34 bits per heavy atom. The number of anilines is 1. The predicted molar refractivity (Wildman–Crippen MR) is 186 cm³/mol. The number of unbranched alkanes of at least 4 members (excludes halogenated alkanes) is 1. The number of allylic oxidation sites excluding steroid dienone is 10. The van der Waals surface area contributed by atoms with E-state index in [-0.39, 0.29) is 16.6 Å². The molecule has 1 N–H and O–H groups in total. The minimum absolute atomic E-state index is 0.0527. The fourth-order valence-electron chi connectivity index (χ4n) is 7.25. The van der Waals surface area contributed by atoms with Crippen LogP contribution in [0.5, 0.6) is 0 Å². The molecule has 3 aliphatic rings. The van der Waals surface area contributed by atoms with Gasteiger partial charge in [-0.3, -0.25) is 4.55 Å². The van der Waals surface area contributed by atoms with Crippen LogP contribution in [0.15, 0.2) is 100 Å². The predicted octanol–water partition coefficient (Wildman–Crippen LogP) is 10.0. The summed E-state index contributed by atoms with van der Waals surface area (Å²) in [6.07, 6.45) is 15.6. The van der Waals surface area contributed by atoms with Gasteiger partial charge in [0.1, 0.15) is 0 Å². The first-order valence-electron chi connectivity index (χ1n) is 16.0. The van der Waals surface area contributed by atoms with Crippen LogP contribution in [-0.2, 0) is 20.9 Å². The summed E-state index contributed by atoms with van der Waals surface area (Å²) in [5, 5.41) is 0.833. The molecule has 0 fully saturated rings. The second-order valence-corrected chi connectivity index (χ2v) is 15.3. The highest BCUT2D eigenvalue weighted by Gasteiger charge is 2.39. The van der Waals surface area contributed by atoms with Gasteiger partial charge in [0.25, 0.3) is 10.1 Å². The summed E-state index contributed by atoms with van der Waals surface area (Å²) in [6.45, 7) is 11.8. The van der Waals surface area contributed by atoms with Crippen LogP contribution in [-0.4, -0.2) is 25.3 Å². The molecule has 6 heteroatoms. The van der Waals surface area contributed by atoms with E-state index >= 15 is 0 Å². The molecule has 0 unspecified atom stereocenters. The SMILES string of the molecule is CCCCC1=C(/C=C/C2=C(Cl)C(=C/C=C3\N(CCCS(=O)(=O)O)c4ccccc4C3(C)C)/CCC2)C(C)(C)c2ccccc21. The Morgan fingerprint density at radius 2 is 1.61 bits per heavy atom. The summed E-state index contributed by atoms with van der Waals surface area (Å²) in [5.41, 5.74) is 11.0. The molecule has 0 saturated carbocycles. The fourth-order valence-corrected chi connectivity index (χ4v) is 8.06. The van der Waals surface area contributed by atoms with Crippen molar-refractivity contribution in [3.05, 3.63) is 117 Å². The Bertz CT molecular complexity index is 1690. The Hall–Kier alpha value is -2.86. The molecule has 44 heavy (non-hydrogen) atoms. The zero-order valence-electron chi connectivity index (χ0n) is 26.8. The van der Waals surface area contributed by atoms with Crippen molar-refractivity contribution < 1.29 is 13.0 Å². The van der Waals surface area contributed by atoms with E-state index in [0.29, 0.717) is 13.0 Å². The average Bonchev–Trinajstić information content (AvgIpc) is 3.33. The van der Waals surface area contributed by atoms with Crippen LogP contribution in [0.4, 0.5) is 5.69 Å². The van der Waals surface area contributed by atoms with Gasteiger partial charge in [-0.1, -0.05) is 113 Å². The van der Waals surface area contributed by atoms with Crippen molar-refractivity contribution in [2.24, 2.45) is 0 Å². The first-order valence-corrected chi connectivity index (χ1v) is 18.0. The summed E-state index contributed by atoms with van der Waals surface area (Å²) in [7, 11) is -4.02. The number of nitrogens with zero attached hydrogens (tertiary/aromatic N) is 1. The van der Waals surface area contributed by atoms with Gasteiger partial charge in [-0.25, -0.2) is 0 Å². The molecule has 1 heterocycles. The highest BCUT2D eigenvalue weighted by molar-refractivity contribution is 7.85. The number of benzene rings is 2. The molecule has 5 rings (SSSR count). The number of rotatable bonds is 10. The second-order valence-electron chi connectivity index (χ2n) is 13.4. The zero-order valence-corrected chi connectivity index (χ0v) is 28.4. The van der Waals surface area contributed by atoms with Gasteiger partial charge >= 0.3 is 0 Å². The number of hydrogen-bond acceptors (Lipinski definition) is 3. The molecule has 0 spiro atoms. The smallest absolute Gasteiger partial charge is 0.264 e. The highest BCUT2D eigenvalue weighted by Crippen LogP contribution is 2.50. The van der Waals surface area contributed by atoms with E-state index in [1.807, 2.05) is 12.1 Å². The molecule has 2 aliphatic carbocycles. The molecule has 0 saturated heterocycles. The molecular weight excluding hydrogens is 586 g/mol. The van der Waals surface area contributed by atoms with Crippen molar-refractivity contribution in [2.45, 2.75) is 90.4 Å². The lowest BCUT2D eigenvalue weighted by molar-refractivity contribution is 0.481. The minimum Gasteiger partial charge on any atom is -0.344 e. The van der Waals surface area contributed by atoms with Gasteiger partial charge in [0, 0.05) is 33.8 Å². The maximum atomic E-state index is 11.4. The molecule has 0 atom stereocenters. The standard InChI is InChI=1S/C38H46ClNO3S/c1-6-7-16-29-30-17-8-9-18-31(30)37(2,3)32(29)23-21-27-14-12-15-28(36(27)39)22-24-35-38(4,5)33-19-10-11-20-34(33)40(35)25-13-26-44(41,42)43/h8-11,17-24H,6-7,12-16,25-26H2,1-5H3,(H,41,42,43)/b23-21+,28-22+,35-24-. The molecule has 0 amide bonds. The Morgan fingerprint density at radius 1 is 0.909 bits per heavy atom. The van der Waals surface area contributed by atoms with Crippen LogP contribution in [0.25, 0.3) is 5.57 Å². The third kappa shape index (κ3) is 6.42. The van der Waals surface area contributed by atoms with Gasteiger partial charge in [-0.05, 0) is 89.7 Å². The van der Waals surface area contributed by atoms with Gasteiger partial charge < -0.3 is 4.90 Å². The third-order valence-corrected chi connectivity index (χ3v) is 10.9. The monoisotopic (exact) mass is 631 g/mol. The van der Waals surface area contributed by atoms with Crippen molar-refractivity contribution in [1.29, 1.82) is 0 Å². The molecule has 2 aromatic carbocycles. The summed E-state index contributed by atoms with van der Waals surface area (Å²) in [6, 6.07) is 17.1. The van der Waals surface area contributed by atoms with E-state index < -0.39 is 10.1 Å². The Labute approximate surface area is 269 Å². The van der Waals surface area contributed by atoms with Crippen molar-refractivity contribution in [2.75, 3.05) is 17.2 Å². The zero-order chi connectivity index (χ0) is 31.7. The average molecular weight is 632 g/mol. The Balaban J connectivity index is 1.47. The van der Waals surface area contributed by atoms with E-state index in [9.17, 15) is 13.0 Å². The molecule has 0 radical (unpaired) electrons. The summed E-state index contributed by atoms with van der Waals surface area (Å²) >= 11 is 7.14. The van der Waals surface area contributed by atoms with Gasteiger partial charge in [0.15, 0.2) is 0 Å². The molecule has 0 aromatic heterocycles. The fraction of sp³-hybridized carbons (Fsp3) is 0.421. The summed E-state index contributed by atoms with van der Waals surface area (Å²) in [4.78, 5) is 2.20. The lowest BCUT2D eigenvalue weighted by Crippen LogP contribution is -2.28. The Kier molecular flexibility index (Phi) is 9.51. The van der Waals surface area contributed by atoms with Crippen molar-refractivity contribution in [1.82, 2.24) is 0 Å². The van der Waals surface area contributed by atoms with E-state index in [2.05, 4.69) is 100 Å². The normalized spacial score (nSPS) is 21.2. The second kappa shape index (κ2) is 12.9. The molecule has 234 valence electrons. The first-order chi connectivity index (χ1) is 20.9. The van der Waals surface area contributed by atoms with Crippen molar-refractivity contribution in [3.8, 4) is 0 Å². The van der Waals surface area contributed by atoms with Crippen molar-refractivity contribution in [3.63, 3.8) is 0 Å². The summed E-state index contributed by atoms with van der Waals surface area (Å²) < 4.78 is 32.2. The van der Waals surface area contributed by atoms with Crippen LogP contribution in [0.1, 0.15) is 96.3 Å². The van der Waals surface area contributed by atoms with Crippen LogP contribution < -0.4 is 4.90 Å².